The first-order valence-corrected chi connectivity index (χ1v) is 26.3. The lowest BCUT2D eigenvalue weighted by atomic mass is 9.77. The van der Waals surface area contributed by atoms with Crippen molar-refractivity contribution >= 4 is 43.6 Å². The summed E-state index contributed by atoms with van der Waals surface area (Å²) in [4.78, 5) is 0. The molecule has 0 bridgehead atoms. The molecule has 0 fully saturated rings. The van der Waals surface area contributed by atoms with Gasteiger partial charge in [-0.2, -0.15) is 0 Å². The molecule has 0 saturated heterocycles. The fourth-order valence-corrected chi connectivity index (χ4v) is 11.4. The van der Waals surface area contributed by atoms with Gasteiger partial charge in [-0.1, -0.05) is 232 Å². The van der Waals surface area contributed by atoms with Crippen LogP contribution in [0.25, 0.3) is 111 Å². The minimum atomic E-state index is -0.000990. The number of hydrogen-bond donors (Lipinski definition) is 0. The van der Waals surface area contributed by atoms with Crippen LogP contribution in [0, 0.1) is 0 Å². The van der Waals surface area contributed by atoms with E-state index in [1.807, 2.05) is 0 Å². The summed E-state index contributed by atoms with van der Waals surface area (Å²) in [5.41, 5.74) is 23.0. The van der Waals surface area contributed by atoms with Crippen molar-refractivity contribution < 1.29 is 0 Å². The number of fused-ring (bicyclic) bond motifs is 6. The van der Waals surface area contributed by atoms with Crippen LogP contribution in [0.5, 0.6) is 0 Å². The minimum absolute atomic E-state index is 0.000990. The Morgan fingerprint density at radius 3 is 0.757 bits per heavy atom. The van der Waals surface area contributed by atoms with Gasteiger partial charge in [-0.3, -0.25) is 0 Å². The summed E-state index contributed by atoms with van der Waals surface area (Å²) in [6, 6.07) is 84.5. The molecule has 0 saturated carbocycles. The monoisotopic (exact) mass is 957 g/mol. The van der Waals surface area contributed by atoms with Crippen LogP contribution < -0.4 is 0 Å². The van der Waals surface area contributed by atoms with Crippen LogP contribution in [0.1, 0.15) is 79.0 Å². The van der Waals surface area contributed by atoms with Crippen LogP contribution in [0.2, 0.25) is 0 Å². The first-order valence-electron chi connectivity index (χ1n) is 26.3. The highest BCUT2D eigenvalue weighted by atomic mass is 15.0. The van der Waals surface area contributed by atoms with Gasteiger partial charge >= 0.3 is 0 Å². The number of hydrogen-bond acceptors (Lipinski definition) is 0. The van der Waals surface area contributed by atoms with Gasteiger partial charge in [0, 0.05) is 32.9 Å². The zero-order valence-corrected chi connectivity index (χ0v) is 44.3. The Labute approximate surface area is 437 Å². The van der Waals surface area contributed by atoms with Crippen LogP contribution in [-0.2, 0) is 16.2 Å². The summed E-state index contributed by atoms with van der Waals surface area (Å²) in [6.07, 6.45) is 0. The molecule has 10 aromatic carbocycles. The van der Waals surface area contributed by atoms with E-state index in [2.05, 4.69) is 296 Å². The molecule has 0 aliphatic rings. The zero-order valence-electron chi connectivity index (χ0n) is 44.3. The van der Waals surface area contributed by atoms with Gasteiger partial charge in [0.1, 0.15) is 0 Å². The number of para-hydroxylation sites is 4. The van der Waals surface area contributed by atoms with Gasteiger partial charge in [0.25, 0.3) is 0 Å². The molecule has 12 rings (SSSR count). The lowest BCUT2D eigenvalue weighted by Gasteiger charge is -2.27. The van der Waals surface area contributed by atoms with Crippen molar-refractivity contribution in [3.63, 3.8) is 0 Å². The Hall–Kier alpha value is -8.20. The van der Waals surface area contributed by atoms with Crippen LogP contribution in [0.15, 0.2) is 224 Å². The maximum atomic E-state index is 2.50. The highest BCUT2D eigenvalue weighted by Gasteiger charge is 2.27. The lowest BCUT2D eigenvalue weighted by Crippen LogP contribution is -2.11. The largest absolute Gasteiger partial charge is 0.309 e. The van der Waals surface area contributed by atoms with Gasteiger partial charge in [0.15, 0.2) is 0 Å². The van der Waals surface area contributed by atoms with E-state index in [0.29, 0.717) is 0 Å². The van der Waals surface area contributed by atoms with E-state index in [1.165, 1.54) is 105 Å². The smallest absolute Gasteiger partial charge is 0.0541 e. The van der Waals surface area contributed by atoms with E-state index in [1.54, 1.807) is 0 Å². The van der Waals surface area contributed by atoms with Crippen LogP contribution in [0.3, 0.4) is 0 Å². The molecule has 0 spiro atoms. The molecule has 0 amide bonds. The zero-order chi connectivity index (χ0) is 51.1. The van der Waals surface area contributed by atoms with Crippen molar-refractivity contribution in [2.24, 2.45) is 0 Å². The number of rotatable bonds is 7. The molecule has 12 aromatic rings. The van der Waals surface area contributed by atoms with Crippen molar-refractivity contribution in [1.82, 2.24) is 9.13 Å². The molecule has 0 radical (unpaired) electrons. The van der Waals surface area contributed by atoms with Crippen LogP contribution >= 0.6 is 0 Å². The quantitative estimate of drug-likeness (QED) is 0.151. The first-order chi connectivity index (χ1) is 35.6. The van der Waals surface area contributed by atoms with E-state index in [4.69, 9.17) is 0 Å². The van der Waals surface area contributed by atoms with Crippen molar-refractivity contribution in [3.8, 4) is 67.0 Å². The SMILES string of the molecule is CC(C)(C)c1ccc(-c2c(-c3ccc(-n4c5ccccc5c5ccccc54)cc3)cc(-c3ccc(-n4c5ccccc5c5ccccc54)cc3)c(-c3ccc(C(C)(C)C)cc3)c2-c2ccc(C(C)(C)C)cc2)cc1. The summed E-state index contributed by atoms with van der Waals surface area (Å²) in [7, 11) is 0. The topological polar surface area (TPSA) is 9.86 Å². The van der Waals surface area contributed by atoms with E-state index >= 15 is 0 Å². The first kappa shape index (κ1) is 46.8. The summed E-state index contributed by atoms with van der Waals surface area (Å²) >= 11 is 0. The average molecular weight is 957 g/mol. The molecule has 0 unspecified atom stereocenters. The second-order valence-electron chi connectivity index (χ2n) is 23.4. The Kier molecular flexibility index (Phi) is 11.3. The maximum absolute atomic E-state index is 2.50. The molecule has 362 valence electrons. The fraction of sp³-hybridized carbons (Fsp3) is 0.167. The molecule has 0 N–H and O–H groups in total. The van der Waals surface area contributed by atoms with E-state index in [0.717, 1.165) is 22.5 Å². The fourth-order valence-electron chi connectivity index (χ4n) is 11.4. The predicted molar refractivity (Wildman–Crippen MR) is 318 cm³/mol. The Bertz CT molecular complexity index is 3700. The van der Waals surface area contributed by atoms with Gasteiger partial charge in [-0.05, 0) is 143 Å². The van der Waals surface area contributed by atoms with Gasteiger partial charge in [-0.25, -0.2) is 0 Å². The van der Waals surface area contributed by atoms with E-state index in [9.17, 15) is 0 Å². The molecule has 2 heteroatoms. The molecule has 2 aromatic heterocycles. The highest BCUT2D eigenvalue weighted by molar-refractivity contribution is 6.11. The Morgan fingerprint density at radius 1 is 0.243 bits per heavy atom. The molecular formula is C72H64N2. The second-order valence-corrected chi connectivity index (χ2v) is 23.4. The molecule has 0 aliphatic heterocycles. The molecule has 2 heterocycles. The predicted octanol–water partition coefficient (Wildman–Crippen LogP) is 20.1. The standard InChI is InChI=1S/C72H64N2/c1-70(2,3)52-36-26-49(27-37-52)67-61(47-32-42-55(43-33-47)73-63-22-14-10-18-57(63)58-19-11-15-23-64(58)73)46-62(48-34-44-56(45-35-48)74-65-24-16-12-20-59(65)60-21-13-17-25-66(60)74)68(50-28-38-53(39-29-50)71(4,5)6)69(67)51-30-40-54(41-31-51)72(7,8)9/h10-46H,1-9H3. The third-order valence-electron chi connectivity index (χ3n) is 15.5. The van der Waals surface area contributed by atoms with Crippen molar-refractivity contribution in [2.45, 2.75) is 78.6 Å². The average Bonchev–Trinajstić information content (AvgIpc) is 3.94. The molecule has 0 aliphatic carbocycles. The summed E-state index contributed by atoms with van der Waals surface area (Å²) in [5.74, 6) is 0. The summed E-state index contributed by atoms with van der Waals surface area (Å²) in [5, 5.41) is 5.04. The van der Waals surface area contributed by atoms with E-state index in [-0.39, 0.29) is 16.2 Å². The third-order valence-corrected chi connectivity index (χ3v) is 15.5. The second kappa shape index (κ2) is 17.8. The van der Waals surface area contributed by atoms with Gasteiger partial charge in [0.2, 0.25) is 0 Å². The maximum Gasteiger partial charge on any atom is 0.0541 e. The third kappa shape index (κ3) is 8.14. The van der Waals surface area contributed by atoms with Gasteiger partial charge < -0.3 is 9.13 Å². The Morgan fingerprint density at radius 2 is 0.486 bits per heavy atom. The molecule has 2 nitrogen and oxygen atoms in total. The highest BCUT2D eigenvalue weighted by Crippen LogP contribution is 2.51. The normalized spacial score (nSPS) is 12.4. The lowest BCUT2D eigenvalue weighted by molar-refractivity contribution is 0.590. The van der Waals surface area contributed by atoms with E-state index < -0.39 is 0 Å². The molecule has 74 heavy (non-hydrogen) atoms. The van der Waals surface area contributed by atoms with Crippen molar-refractivity contribution in [2.75, 3.05) is 0 Å². The summed E-state index contributed by atoms with van der Waals surface area (Å²) in [6.45, 7) is 20.7. The number of nitrogens with zero attached hydrogens (tertiary/aromatic N) is 2. The van der Waals surface area contributed by atoms with Crippen molar-refractivity contribution in [1.29, 1.82) is 0 Å². The molecule has 0 atom stereocenters. The summed E-state index contributed by atoms with van der Waals surface area (Å²) < 4.78 is 4.83. The minimum Gasteiger partial charge on any atom is -0.309 e. The van der Waals surface area contributed by atoms with Gasteiger partial charge in [0.05, 0.1) is 22.1 Å². The molecular weight excluding hydrogens is 893 g/mol. The van der Waals surface area contributed by atoms with Crippen LogP contribution in [-0.4, -0.2) is 9.13 Å². The number of aromatic nitrogens is 2. The number of benzene rings is 10. The van der Waals surface area contributed by atoms with Crippen molar-refractivity contribution in [3.05, 3.63) is 241 Å². The van der Waals surface area contributed by atoms with Gasteiger partial charge in [-0.15, -0.1) is 0 Å². The van der Waals surface area contributed by atoms with Crippen LogP contribution in [0.4, 0.5) is 0 Å². The Balaban J connectivity index is 1.16.